The summed E-state index contributed by atoms with van der Waals surface area (Å²) in [7, 11) is -0.352. The van der Waals surface area contributed by atoms with Gasteiger partial charge in [0.1, 0.15) is 4.90 Å². The Bertz CT molecular complexity index is 425. The van der Waals surface area contributed by atoms with Crippen molar-refractivity contribution < 1.29 is 8.42 Å². The van der Waals surface area contributed by atoms with Crippen LogP contribution in [0.5, 0.6) is 0 Å². The van der Waals surface area contributed by atoms with Crippen molar-refractivity contribution in [2.45, 2.75) is 11.4 Å². The molecule has 80 valence electrons. The molecule has 0 atom stereocenters. The smallest absolute Gasteiger partial charge is 0.244 e. The number of nitrogens with zero attached hydrogens (tertiary/aromatic N) is 1. The highest BCUT2D eigenvalue weighted by Crippen LogP contribution is 2.32. The van der Waals surface area contributed by atoms with Gasteiger partial charge in [-0.2, -0.15) is 0 Å². The summed E-state index contributed by atoms with van der Waals surface area (Å²) < 4.78 is 25.3. The Morgan fingerprint density at radius 3 is 2.50 bits per heavy atom. The van der Waals surface area contributed by atoms with Gasteiger partial charge in [-0.1, -0.05) is 0 Å². The average molecular weight is 299 g/mol. The highest BCUT2D eigenvalue weighted by atomic mass is 79.9. The number of thiophene rings is 1. The monoisotopic (exact) mass is 298 g/mol. The molecule has 0 aliphatic rings. The summed E-state index contributed by atoms with van der Waals surface area (Å²) in [5.41, 5.74) is 5.43. The zero-order chi connectivity index (χ0) is 10.9. The van der Waals surface area contributed by atoms with E-state index >= 15 is 0 Å². The number of nitrogens with two attached hydrogens (primary N) is 1. The van der Waals surface area contributed by atoms with Gasteiger partial charge in [0.05, 0.1) is 3.79 Å². The van der Waals surface area contributed by atoms with Gasteiger partial charge in [-0.25, -0.2) is 12.7 Å². The molecule has 0 radical (unpaired) electrons. The predicted octanol–water partition coefficient (Wildman–Crippen LogP) is 1.22. The van der Waals surface area contributed by atoms with E-state index in [-0.39, 0.29) is 4.90 Å². The van der Waals surface area contributed by atoms with Gasteiger partial charge >= 0.3 is 0 Å². The summed E-state index contributed by atoms with van der Waals surface area (Å²) in [4.78, 5) is 1.13. The predicted molar refractivity (Wildman–Crippen MR) is 60.8 cm³/mol. The standard InChI is InChI=1S/C7H11BrN2O2S2/c1-10(2)14(11,12)6-3-5(4-9)13-7(6)8/h3H,4,9H2,1-2H3. The Kier molecular flexibility index (Phi) is 3.70. The molecule has 14 heavy (non-hydrogen) atoms. The highest BCUT2D eigenvalue weighted by Gasteiger charge is 2.22. The first-order chi connectivity index (χ1) is 6.39. The van der Waals surface area contributed by atoms with Crippen molar-refractivity contribution in [2.75, 3.05) is 14.1 Å². The molecule has 4 nitrogen and oxygen atoms in total. The summed E-state index contributed by atoms with van der Waals surface area (Å²) >= 11 is 4.56. The van der Waals surface area contributed by atoms with E-state index in [1.165, 1.54) is 29.7 Å². The van der Waals surface area contributed by atoms with Gasteiger partial charge in [0.2, 0.25) is 10.0 Å². The van der Waals surface area contributed by atoms with Crippen molar-refractivity contribution in [1.82, 2.24) is 4.31 Å². The topological polar surface area (TPSA) is 63.4 Å². The molecule has 0 aliphatic carbocycles. The minimum atomic E-state index is -3.36. The minimum absolute atomic E-state index is 0.285. The van der Waals surface area contributed by atoms with E-state index in [2.05, 4.69) is 15.9 Å². The van der Waals surface area contributed by atoms with Crippen LogP contribution in [0.4, 0.5) is 0 Å². The zero-order valence-electron chi connectivity index (χ0n) is 7.82. The Hall–Kier alpha value is 0.0500. The first-order valence-corrected chi connectivity index (χ1v) is 6.85. The first-order valence-electron chi connectivity index (χ1n) is 3.80. The fourth-order valence-electron chi connectivity index (χ4n) is 0.871. The third-order valence-electron chi connectivity index (χ3n) is 1.67. The largest absolute Gasteiger partial charge is 0.326 e. The fourth-order valence-corrected chi connectivity index (χ4v) is 4.28. The summed E-state index contributed by atoms with van der Waals surface area (Å²) in [6.07, 6.45) is 0. The third-order valence-corrected chi connectivity index (χ3v) is 5.76. The SMILES string of the molecule is CN(C)S(=O)(=O)c1cc(CN)sc1Br. The van der Waals surface area contributed by atoms with Crippen molar-refractivity contribution in [3.8, 4) is 0 Å². The Balaban J connectivity index is 3.26. The van der Waals surface area contributed by atoms with Crippen LogP contribution < -0.4 is 5.73 Å². The number of hydrogen-bond acceptors (Lipinski definition) is 4. The lowest BCUT2D eigenvalue weighted by Gasteiger charge is -2.09. The second-order valence-corrected chi connectivity index (χ2v) is 7.42. The van der Waals surface area contributed by atoms with E-state index in [4.69, 9.17) is 5.73 Å². The van der Waals surface area contributed by atoms with Gasteiger partial charge < -0.3 is 5.73 Å². The van der Waals surface area contributed by atoms with E-state index in [0.717, 1.165) is 4.88 Å². The van der Waals surface area contributed by atoms with Crippen LogP contribution in [0.3, 0.4) is 0 Å². The van der Waals surface area contributed by atoms with E-state index in [1.807, 2.05) is 0 Å². The van der Waals surface area contributed by atoms with Gasteiger partial charge in [-0.15, -0.1) is 11.3 Å². The van der Waals surface area contributed by atoms with Gasteiger partial charge in [0, 0.05) is 25.5 Å². The molecule has 0 saturated heterocycles. The molecule has 0 saturated carbocycles. The zero-order valence-corrected chi connectivity index (χ0v) is 11.0. The number of sulfonamides is 1. The Morgan fingerprint density at radius 2 is 2.14 bits per heavy atom. The summed E-state index contributed by atoms with van der Waals surface area (Å²) in [6.45, 7) is 0.353. The molecule has 1 aromatic heterocycles. The molecule has 0 amide bonds. The molecule has 0 aliphatic heterocycles. The molecular weight excluding hydrogens is 288 g/mol. The normalized spacial score (nSPS) is 12.4. The second kappa shape index (κ2) is 4.28. The Morgan fingerprint density at radius 1 is 1.57 bits per heavy atom. The second-order valence-electron chi connectivity index (χ2n) is 2.84. The summed E-state index contributed by atoms with van der Waals surface area (Å²) in [6, 6.07) is 1.60. The van der Waals surface area contributed by atoms with E-state index in [1.54, 1.807) is 6.07 Å². The highest BCUT2D eigenvalue weighted by molar-refractivity contribution is 9.11. The maximum Gasteiger partial charge on any atom is 0.244 e. The lowest BCUT2D eigenvalue weighted by Crippen LogP contribution is -2.22. The maximum absolute atomic E-state index is 11.7. The van der Waals surface area contributed by atoms with Crippen molar-refractivity contribution in [2.24, 2.45) is 5.73 Å². The van der Waals surface area contributed by atoms with Crippen LogP contribution in [0.2, 0.25) is 0 Å². The van der Waals surface area contributed by atoms with Crippen LogP contribution in [0, 0.1) is 0 Å². The van der Waals surface area contributed by atoms with Crippen LogP contribution in [-0.2, 0) is 16.6 Å². The molecule has 1 heterocycles. The van der Waals surface area contributed by atoms with Crippen LogP contribution in [0.15, 0.2) is 14.7 Å². The third kappa shape index (κ3) is 2.17. The molecule has 0 aromatic carbocycles. The summed E-state index contributed by atoms with van der Waals surface area (Å²) in [5, 5.41) is 0. The van der Waals surface area contributed by atoms with Crippen LogP contribution in [0.25, 0.3) is 0 Å². The van der Waals surface area contributed by atoms with Gasteiger partial charge in [-0.3, -0.25) is 0 Å². The van der Waals surface area contributed by atoms with Crippen LogP contribution >= 0.6 is 27.3 Å². The van der Waals surface area contributed by atoms with E-state index in [9.17, 15) is 8.42 Å². The van der Waals surface area contributed by atoms with Gasteiger partial charge in [0.25, 0.3) is 0 Å². The molecule has 1 rings (SSSR count). The minimum Gasteiger partial charge on any atom is -0.326 e. The van der Waals surface area contributed by atoms with Gasteiger partial charge in [-0.05, 0) is 22.0 Å². The molecule has 0 fully saturated rings. The van der Waals surface area contributed by atoms with Crippen molar-refractivity contribution in [3.63, 3.8) is 0 Å². The number of halogens is 1. The Labute approximate surface area is 95.9 Å². The van der Waals surface area contributed by atoms with Crippen LogP contribution in [-0.4, -0.2) is 26.8 Å². The number of hydrogen-bond donors (Lipinski definition) is 1. The lowest BCUT2D eigenvalue weighted by atomic mass is 10.5. The fraction of sp³-hybridized carbons (Fsp3) is 0.429. The molecule has 0 bridgehead atoms. The average Bonchev–Trinajstić information content (AvgIpc) is 2.47. The molecule has 2 N–H and O–H groups in total. The van der Waals surface area contributed by atoms with Crippen molar-refractivity contribution in [3.05, 3.63) is 14.7 Å². The molecule has 0 unspecified atom stereocenters. The van der Waals surface area contributed by atoms with Gasteiger partial charge in [0.15, 0.2) is 0 Å². The van der Waals surface area contributed by atoms with Crippen LogP contribution in [0.1, 0.15) is 4.88 Å². The quantitative estimate of drug-likeness (QED) is 0.913. The number of rotatable bonds is 3. The molecule has 7 heteroatoms. The lowest BCUT2D eigenvalue weighted by molar-refractivity contribution is 0.520. The molecule has 1 aromatic rings. The molecular formula is C7H11BrN2O2S2. The molecule has 0 spiro atoms. The van der Waals surface area contributed by atoms with E-state index in [0.29, 0.717) is 10.3 Å². The first kappa shape index (κ1) is 12.1. The maximum atomic E-state index is 11.7. The van der Waals surface area contributed by atoms with Crippen molar-refractivity contribution in [1.29, 1.82) is 0 Å². The van der Waals surface area contributed by atoms with E-state index < -0.39 is 10.0 Å². The summed E-state index contributed by atoms with van der Waals surface area (Å²) in [5.74, 6) is 0. The van der Waals surface area contributed by atoms with Crippen molar-refractivity contribution >= 4 is 37.3 Å².